The molecule has 0 unspecified atom stereocenters. The number of benzene rings is 8. The maximum absolute atomic E-state index is 10.5. The Hall–Kier alpha value is -6.94. The Morgan fingerprint density at radius 2 is 0.959 bits per heavy atom. The third-order valence-electron chi connectivity index (χ3n) is 9.66. The zero-order valence-corrected chi connectivity index (χ0v) is 26.4. The summed E-state index contributed by atoms with van der Waals surface area (Å²) < 4.78 is 2.25. The van der Waals surface area contributed by atoms with Crippen molar-refractivity contribution in [2.75, 3.05) is 0 Å². The molecule has 3 nitrogen and oxygen atoms in total. The molecule has 0 amide bonds. The Labute approximate surface area is 283 Å². The van der Waals surface area contributed by atoms with Crippen LogP contribution in [0, 0.1) is 22.7 Å². The molecule has 0 aliphatic carbocycles. The van der Waals surface area contributed by atoms with Crippen LogP contribution in [0.3, 0.4) is 0 Å². The molecule has 8 aromatic carbocycles. The first-order chi connectivity index (χ1) is 24.2. The van der Waals surface area contributed by atoms with Gasteiger partial charge in [0.2, 0.25) is 0 Å². The fraction of sp³-hybridized carbons (Fsp3) is 0. The van der Waals surface area contributed by atoms with Crippen molar-refractivity contribution in [3.63, 3.8) is 0 Å². The van der Waals surface area contributed by atoms with Gasteiger partial charge in [-0.05, 0) is 91.8 Å². The number of fused-ring (bicyclic) bond motifs is 5. The van der Waals surface area contributed by atoms with Crippen LogP contribution in [-0.4, -0.2) is 4.57 Å². The number of para-hydroxylation sites is 1. The summed E-state index contributed by atoms with van der Waals surface area (Å²) in [6.45, 7) is 0. The lowest BCUT2D eigenvalue weighted by Gasteiger charge is -2.20. The SMILES string of the molecule is N#Cc1ccc2c(c1)c1ccccc1n2-c1ccc(-c2c(C#N)cccc2-c2c3ccccc3c(-c3ccccc3)c3ccccc23)cc1. The van der Waals surface area contributed by atoms with Crippen LogP contribution in [0.4, 0.5) is 0 Å². The van der Waals surface area contributed by atoms with E-state index in [2.05, 4.69) is 138 Å². The van der Waals surface area contributed by atoms with Crippen LogP contribution in [-0.2, 0) is 0 Å². The smallest absolute Gasteiger partial charge is 0.0998 e. The first kappa shape index (κ1) is 28.3. The largest absolute Gasteiger partial charge is 0.309 e. The standard InChI is InChI=1S/C46H27N3/c47-28-30-21-26-43-41(27-30)35-14-8-9-20-42(35)49(43)34-24-22-32(23-25-34)44-33(29-48)13-10-19-40(44)46-38-17-6-4-15-36(38)45(31-11-2-1-3-12-31)37-16-5-7-18-39(37)46/h1-27H. The summed E-state index contributed by atoms with van der Waals surface area (Å²) in [6.07, 6.45) is 0. The van der Waals surface area contributed by atoms with E-state index in [1.54, 1.807) is 0 Å². The quantitative estimate of drug-likeness (QED) is 0.184. The van der Waals surface area contributed by atoms with Crippen molar-refractivity contribution in [1.29, 1.82) is 10.5 Å². The van der Waals surface area contributed by atoms with Gasteiger partial charge in [-0.2, -0.15) is 10.5 Å². The highest BCUT2D eigenvalue weighted by molar-refractivity contribution is 6.22. The van der Waals surface area contributed by atoms with Crippen LogP contribution in [0.1, 0.15) is 11.1 Å². The molecule has 0 spiro atoms. The lowest BCUT2D eigenvalue weighted by Crippen LogP contribution is -1.96. The highest BCUT2D eigenvalue weighted by atomic mass is 15.0. The van der Waals surface area contributed by atoms with Crippen LogP contribution >= 0.6 is 0 Å². The average molecular weight is 622 g/mol. The average Bonchev–Trinajstić information content (AvgIpc) is 3.50. The van der Waals surface area contributed by atoms with Gasteiger partial charge in [-0.25, -0.2) is 0 Å². The van der Waals surface area contributed by atoms with Crippen molar-refractivity contribution in [3.05, 3.63) is 175 Å². The zero-order chi connectivity index (χ0) is 32.9. The minimum absolute atomic E-state index is 0.631. The van der Waals surface area contributed by atoms with E-state index in [4.69, 9.17) is 0 Å². The van der Waals surface area contributed by atoms with E-state index in [-0.39, 0.29) is 0 Å². The van der Waals surface area contributed by atoms with E-state index in [0.29, 0.717) is 11.1 Å². The molecule has 0 aliphatic rings. The van der Waals surface area contributed by atoms with Crippen LogP contribution in [0.5, 0.6) is 0 Å². The molecule has 226 valence electrons. The van der Waals surface area contributed by atoms with E-state index in [1.807, 2.05) is 42.5 Å². The molecule has 49 heavy (non-hydrogen) atoms. The number of nitrogens with zero attached hydrogens (tertiary/aromatic N) is 3. The second-order valence-corrected chi connectivity index (χ2v) is 12.3. The van der Waals surface area contributed by atoms with Crippen molar-refractivity contribution in [2.45, 2.75) is 0 Å². The first-order valence-corrected chi connectivity index (χ1v) is 16.3. The molecule has 9 aromatic rings. The molecule has 0 aliphatic heterocycles. The molecule has 0 fully saturated rings. The van der Waals surface area contributed by atoms with Crippen molar-refractivity contribution >= 4 is 43.4 Å². The fourth-order valence-corrected chi connectivity index (χ4v) is 7.60. The predicted octanol–water partition coefficient (Wildman–Crippen LogP) is 11.8. The number of rotatable bonds is 4. The maximum Gasteiger partial charge on any atom is 0.0998 e. The molecule has 0 saturated heterocycles. The minimum Gasteiger partial charge on any atom is -0.309 e. The Bertz CT molecular complexity index is 2770. The topological polar surface area (TPSA) is 52.5 Å². The van der Waals surface area contributed by atoms with Gasteiger partial charge in [0.25, 0.3) is 0 Å². The minimum atomic E-state index is 0.631. The second kappa shape index (κ2) is 11.4. The van der Waals surface area contributed by atoms with Crippen LogP contribution in [0.15, 0.2) is 164 Å². The molecule has 0 atom stereocenters. The number of hydrogen-bond donors (Lipinski definition) is 0. The monoisotopic (exact) mass is 621 g/mol. The molecule has 1 aromatic heterocycles. The van der Waals surface area contributed by atoms with Gasteiger partial charge >= 0.3 is 0 Å². The molecular formula is C46H27N3. The van der Waals surface area contributed by atoms with Gasteiger partial charge in [-0.3, -0.25) is 0 Å². The second-order valence-electron chi connectivity index (χ2n) is 12.3. The predicted molar refractivity (Wildman–Crippen MR) is 202 cm³/mol. The van der Waals surface area contributed by atoms with E-state index in [0.717, 1.165) is 60.5 Å². The maximum atomic E-state index is 10.5. The molecular weight excluding hydrogens is 595 g/mol. The van der Waals surface area contributed by atoms with E-state index < -0.39 is 0 Å². The molecule has 3 heteroatoms. The summed E-state index contributed by atoms with van der Waals surface area (Å²) in [6, 6.07) is 61.4. The molecule has 0 N–H and O–H groups in total. The Morgan fingerprint density at radius 3 is 1.61 bits per heavy atom. The molecule has 0 radical (unpaired) electrons. The summed E-state index contributed by atoms with van der Waals surface area (Å²) in [5, 5.41) is 26.9. The van der Waals surface area contributed by atoms with Crippen molar-refractivity contribution in [3.8, 4) is 51.2 Å². The number of aromatic nitrogens is 1. The number of nitriles is 2. The van der Waals surface area contributed by atoms with Gasteiger partial charge in [0.1, 0.15) is 0 Å². The summed E-state index contributed by atoms with van der Waals surface area (Å²) in [5.74, 6) is 0. The van der Waals surface area contributed by atoms with E-state index in [9.17, 15) is 10.5 Å². The highest BCUT2D eigenvalue weighted by Gasteiger charge is 2.21. The molecule has 9 rings (SSSR count). The van der Waals surface area contributed by atoms with Gasteiger partial charge in [0, 0.05) is 22.0 Å². The molecule has 0 saturated carbocycles. The normalized spacial score (nSPS) is 11.2. The van der Waals surface area contributed by atoms with Gasteiger partial charge in [0.05, 0.1) is 34.3 Å². The summed E-state index contributed by atoms with van der Waals surface area (Å²) >= 11 is 0. The van der Waals surface area contributed by atoms with Gasteiger partial charge in [-0.1, -0.05) is 121 Å². The lowest BCUT2D eigenvalue weighted by atomic mass is 9.83. The van der Waals surface area contributed by atoms with Crippen molar-refractivity contribution in [2.24, 2.45) is 0 Å². The van der Waals surface area contributed by atoms with Crippen molar-refractivity contribution in [1.82, 2.24) is 4.57 Å². The Kier molecular flexibility index (Phi) is 6.58. The summed E-state index contributed by atoms with van der Waals surface area (Å²) in [5.41, 5.74) is 10.8. The third kappa shape index (κ3) is 4.42. The third-order valence-corrected chi connectivity index (χ3v) is 9.66. The van der Waals surface area contributed by atoms with Gasteiger partial charge in [0.15, 0.2) is 0 Å². The van der Waals surface area contributed by atoms with E-state index in [1.165, 1.54) is 21.9 Å². The molecule has 0 bridgehead atoms. The Morgan fingerprint density at radius 1 is 0.388 bits per heavy atom. The van der Waals surface area contributed by atoms with Gasteiger partial charge in [-0.15, -0.1) is 0 Å². The Balaban J connectivity index is 1.28. The van der Waals surface area contributed by atoms with Gasteiger partial charge < -0.3 is 4.57 Å². The highest BCUT2D eigenvalue weighted by Crippen LogP contribution is 2.47. The zero-order valence-electron chi connectivity index (χ0n) is 26.4. The number of hydrogen-bond acceptors (Lipinski definition) is 2. The first-order valence-electron chi connectivity index (χ1n) is 16.3. The fourth-order valence-electron chi connectivity index (χ4n) is 7.60. The molecule has 1 heterocycles. The van der Waals surface area contributed by atoms with Crippen LogP contribution in [0.25, 0.3) is 82.4 Å². The van der Waals surface area contributed by atoms with Crippen LogP contribution < -0.4 is 0 Å². The van der Waals surface area contributed by atoms with Crippen molar-refractivity contribution < 1.29 is 0 Å². The lowest BCUT2D eigenvalue weighted by molar-refractivity contribution is 1.18. The van der Waals surface area contributed by atoms with Crippen LogP contribution in [0.2, 0.25) is 0 Å². The van der Waals surface area contributed by atoms with E-state index >= 15 is 0 Å². The summed E-state index contributed by atoms with van der Waals surface area (Å²) in [7, 11) is 0. The summed E-state index contributed by atoms with van der Waals surface area (Å²) in [4.78, 5) is 0.